The van der Waals surface area contributed by atoms with Gasteiger partial charge in [-0.15, -0.1) is 11.6 Å². The van der Waals surface area contributed by atoms with E-state index in [9.17, 15) is 13.2 Å². The molecule has 1 saturated heterocycles. The Labute approximate surface area is 118 Å². The number of sulfone groups is 1. The number of hydrogen-bond donors (Lipinski definition) is 0. The van der Waals surface area contributed by atoms with Crippen LogP contribution in [-0.2, 0) is 25.2 Å². The molecule has 0 bridgehead atoms. The SMILES string of the molecule is COC(=O)C1CCS(=O)(=O)C1.ClCc1ccccc1. The number of halogens is 1. The molecule has 2 rings (SSSR count). The maximum Gasteiger partial charge on any atom is 0.309 e. The number of benzene rings is 1. The highest BCUT2D eigenvalue weighted by molar-refractivity contribution is 7.91. The van der Waals surface area contributed by atoms with Gasteiger partial charge in [-0.1, -0.05) is 30.3 Å². The molecule has 0 aromatic heterocycles. The summed E-state index contributed by atoms with van der Waals surface area (Å²) in [6, 6.07) is 9.96. The summed E-state index contributed by atoms with van der Waals surface area (Å²) in [6.07, 6.45) is 0.412. The lowest BCUT2D eigenvalue weighted by Gasteiger charge is -2.02. The molecule has 1 aromatic carbocycles. The van der Waals surface area contributed by atoms with Gasteiger partial charge in [0.05, 0.1) is 24.5 Å². The number of methoxy groups -OCH3 is 1. The summed E-state index contributed by atoms with van der Waals surface area (Å²) in [4.78, 5) is 10.8. The number of esters is 1. The van der Waals surface area contributed by atoms with Crippen LogP contribution in [0.2, 0.25) is 0 Å². The highest BCUT2D eigenvalue weighted by Gasteiger charge is 2.33. The van der Waals surface area contributed by atoms with Crippen molar-refractivity contribution in [2.24, 2.45) is 5.92 Å². The van der Waals surface area contributed by atoms with Crippen molar-refractivity contribution in [1.29, 1.82) is 0 Å². The predicted octanol–water partition coefficient (Wildman–Crippen LogP) is 2.02. The summed E-state index contributed by atoms with van der Waals surface area (Å²) < 4.78 is 26.1. The first-order chi connectivity index (χ1) is 8.98. The van der Waals surface area contributed by atoms with Gasteiger partial charge in [0.2, 0.25) is 0 Å². The maximum atomic E-state index is 10.9. The molecule has 6 heteroatoms. The van der Waals surface area contributed by atoms with Crippen LogP contribution in [0.15, 0.2) is 30.3 Å². The van der Waals surface area contributed by atoms with Gasteiger partial charge in [-0.3, -0.25) is 4.79 Å². The van der Waals surface area contributed by atoms with Crippen molar-refractivity contribution in [3.05, 3.63) is 35.9 Å². The molecule has 0 amide bonds. The van der Waals surface area contributed by atoms with E-state index < -0.39 is 21.7 Å². The highest BCUT2D eigenvalue weighted by Crippen LogP contribution is 2.19. The molecule has 1 fully saturated rings. The molecule has 1 aliphatic heterocycles. The smallest absolute Gasteiger partial charge is 0.309 e. The Morgan fingerprint density at radius 2 is 2.00 bits per heavy atom. The lowest BCUT2D eigenvalue weighted by Crippen LogP contribution is -2.17. The second kappa shape index (κ2) is 7.50. The summed E-state index contributed by atoms with van der Waals surface area (Å²) in [5.41, 5.74) is 1.18. The zero-order valence-electron chi connectivity index (χ0n) is 10.7. The Bertz CT molecular complexity index is 499. The van der Waals surface area contributed by atoms with Gasteiger partial charge in [0.15, 0.2) is 9.84 Å². The van der Waals surface area contributed by atoms with E-state index in [0.29, 0.717) is 12.3 Å². The minimum atomic E-state index is -2.95. The summed E-state index contributed by atoms with van der Waals surface area (Å²) in [7, 11) is -1.68. The molecule has 1 heterocycles. The van der Waals surface area contributed by atoms with Crippen LogP contribution in [0.5, 0.6) is 0 Å². The van der Waals surface area contributed by atoms with Gasteiger partial charge in [-0.05, 0) is 12.0 Å². The van der Waals surface area contributed by atoms with Crippen LogP contribution < -0.4 is 0 Å². The average Bonchev–Trinajstić information content (AvgIpc) is 2.80. The Hall–Kier alpha value is -1.07. The largest absolute Gasteiger partial charge is 0.469 e. The van der Waals surface area contributed by atoms with Crippen LogP contribution >= 0.6 is 11.6 Å². The van der Waals surface area contributed by atoms with E-state index in [1.807, 2.05) is 30.3 Å². The van der Waals surface area contributed by atoms with Crippen LogP contribution in [0.1, 0.15) is 12.0 Å². The van der Waals surface area contributed by atoms with Crippen molar-refractivity contribution < 1.29 is 17.9 Å². The number of rotatable bonds is 2. The van der Waals surface area contributed by atoms with Crippen molar-refractivity contribution in [2.75, 3.05) is 18.6 Å². The minimum Gasteiger partial charge on any atom is -0.469 e. The first kappa shape index (κ1) is 16.0. The molecule has 0 saturated carbocycles. The molecule has 1 aliphatic rings. The highest BCUT2D eigenvalue weighted by atomic mass is 35.5. The van der Waals surface area contributed by atoms with E-state index in [1.54, 1.807) is 0 Å². The quantitative estimate of drug-likeness (QED) is 0.619. The van der Waals surface area contributed by atoms with Crippen LogP contribution in [0.25, 0.3) is 0 Å². The maximum absolute atomic E-state index is 10.9. The minimum absolute atomic E-state index is 0.0420. The Morgan fingerprint density at radius 3 is 2.37 bits per heavy atom. The fourth-order valence-corrected chi connectivity index (χ4v) is 3.62. The van der Waals surface area contributed by atoms with Crippen LogP contribution in [0.4, 0.5) is 0 Å². The van der Waals surface area contributed by atoms with Gasteiger partial charge >= 0.3 is 5.97 Å². The van der Waals surface area contributed by atoms with Gasteiger partial charge in [-0.2, -0.15) is 0 Å². The zero-order chi connectivity index (χ0) is 14.3. The normalized spacial score (nSPS) is 20.2. The zero-order valence-corrected chi connectivity index (χ0v) is 12.3. The van der Waals surface area contributed by atoms with E-state index in [-0.39, 0.29) is 11.5 Å². The fraction of sp³-hybridized carbons (Fsp3) is 0.462. The summed E-state index contributed by atoms with van der Waals surface area (Å²) in [6.45, 7) is 0. The third-order valence-electron chi connectivity index (χ3n) is 2.76. The summed E-state index contributed by atoms with van der Waals surface area (Å²) in [5.74, 6) is -0.149. The fourth-order valence-electron chi connectivity index (χ4n) is 1.71. The molecular weight excluding hydrogens is 288 g/mol. The topological polar surface area (TPSA) is 60.4 Å². The van der Waals surface area contributed by atoms with Gasteiger partial charge in [0, 0.05) is 5.88 Å². The molecule has 19 heavy (non-hydrogen) atoms. The second-order valence-electron chi connectivity index (χ2n) is 4.24. The average molecular weight is 305 g/mol. The molecule has 0 N–H and O–H groups in total. The molecule has 1 atom stereocenters. The van der Waals surface area contributed by atoms with E-state index in [4.69, 9.17) is 11.6 Å². The predicted molar refractivity (Wildman–Crippen MR) is 74.8 cm³/mol. The summed E-state index contributed by atoms with van der Waals surface area (Å²) in [5, 5.41) is 0. The van der Waals surface area contributed by atoms with Crippen LogP contribution in [0, 0.1) is 5.92 Å². The van der Waals surface area contributed by atoms with E-state index in [1.165, 1.54) is 12.7 Å². The van der Waals surface area contributed by atoms with Crippen molar-refractivity contribution in [1.82, 2.24) is 0 Å². The molecule has 4 nitrogen and oxygen atoms in total. The monoisotopic (exact) mass is 304 g/mol. The first-order valence-electron chi connectivity index (χ1n) is 5.86. The van der Waals surface area contributed by atoms with Crippen LogP contribution in [-0.4, -0.2) is 33.0 Å². The molecule has 106 valence electrons. The number of carbonyl (C=O) groups is 1. The Balaban J connectivity index is 0.000000200. The molecular formula is C13H17ClO4S. The van der Waals surface area contributed by atoms with E-state index in [2.05, 4.69) is 4.74 Å². The Kier molecular flexibility index (Phi) is 6.31. The first-order valence-corrected chi connectivity index (χ1v) is 8.22. The van der Waals surface area contributed by atoms with Crippen molar-refractivity contribution >= 4 is 27.4 Å². The lowest BCUT2D eigenvalue weighted by molar-refractivity contribution is -0.144. The molecule has 1 unspecified atom stereocenters. The third-order valence-corrected chi connectivity index (χ3v) is 4.84. The second-order valence-corrected chi connectivity index (χ2v) is 6.74. The number of carbonyl (C=O) groups excluding carboxylic acids is 1. The number of ether oxygens (including phenoxy) is 1. The number of hydrogen-bond acceptors (Lipinski definition) is 4. The van der Waals surface area contributed by atoms with Gasteiger partial charge in [-0.25, -0.2) is 8.42 Å². The van der Waals surface area contributed by atoms with Crippen molar-refractivity contribution in [3.63, 3.8) is 0 Å². The van der Waals surface area contributed by atoms with Crippen molar-refractivity contribution in [3.8, 4) is 0 Å². The molecule has 0 radical (unpaired) electrons. The summed E-state index contributed by atoms with van der Waals surface area (Å²) >= 11 is 5.53. The van der Waals surface area contributed by atoms with Gasteiger partial charge < -0.3 is 4.74 Å². The van der Waals surface area contributed by atoms with Crippen LogP contribution in [0.3, 0.4) is 0 Å². The lowest BCUT2D eigenvalue weighted by atomic mass is 10.1. The van der Waals surface area contributed by atoms with E-state index >= 15 is 0 Å². The van der Waals surface area contributed by atoms with Gasteiger partial charge in [0.1, 0.15) is 0 Å². The third kappa shape index (κ3) is 5.61. The van der Waals surface area contributed by atoms with Gasteiger partial charge in [0.25, 0.3) is 0 Å². The number of alkyl halides is 1. The molecule has 0 spiro atoms. The van der Waals surface area contributed by atoms with E-state index in [0.717, 1.165) is 0 Å². The standard InChI is InChI=1S/C7H7Cl.C6H10O4S/c8-6-7-4-2-1-3-5-7;1-10-6(7)5-2-3-11(8,9)4-5/h1-5H,6H2;5H,2-4H2,1H3. The molecule has 0 aliphatic carbocycles. The molecule has 1 aromatic rings. The van der Waals surface area contributed by atoms with Crippen molar-refractivity contribution in [2.45, 2.75) is 12.3 Å². The Morgan fingerprint density at radius 1 is 1.37 bits per heavy atom.